The zero-order chi connectivity index (χ0) is 23.7. The highest BCUT2D eigenvalue weighted by molar-refractivity contribution is 5.81. The summed E-state index contributed by atoms with van der Waals surface area (Å²) in [5.41, 5.74) is 17.5. The van der Waals surface area contributed by atoms with Gasteiger partial charge in [-0.25, -0.2) is 4.39 Å². The lowest BCUT2D eigenvalue weighted by molar-refractivity contribution is 0.274. The fourth-order valence-electron chi connectivity index (χ4n) is 6.15. The van der Waals surface area contributed by atoms with Crippen molar-refractivity contribution in [2.24, 2.45) is 11.8 Å². The van der Waals surface area contributed by atoms with Gasteiger partial charge >= 0.3 is 0 Å². The number of benzene rings is 2. The van der Waals surface area contributed by atoms with Gasteiger partial charge < -0.3 is 0 Å². The van der Waals surface area contributed by atoms with Crippen molar-refractivity contribution in [3.8, 4) is 11.1 Å². The first kappa shape index (κ1) is 24.7. The highest BCUT2D eigenvalue weighted by atomic mass is 19.1. The number of rotatable bonds is 5. The molecule has 0 radical (unpaired) electrons. The Morgan fingerprint density at radius 3 is 1.38 bits per heavy atom. The summed E-state index contributed by atoms with van der Waals surface area (Å²) in [6.07, 6.45) is 9.54. The molecule has 0 nitrogen and oxygen atoms in total. The summed E-state index contributed by atoms with van der Waals surface area (Å²) in [7, 11) is 0. The van der Waals surface area contributed by atoms with Crippen LogP contribution < -0.4 is 0 Å². The Hall–Kier alpha value is -1.89. The zero-order valence-corrected chi connectivity index (χ0v) is 21.9. The standard InChI is InChI=1S/C31H43F/c1-18-19(2)23(6)30(24(7)20(18)3)31-25(8)21(4)29(22(5)26(31)9)17-28-14-12-27(13-15-28)11-10-16-32/h10,16,27-28H,11-15,17H2,1-9H3/b16-10+. The monoisotopic (exact) mass is 434 g/mol. The van der Waals surface area contributed by atoms with Crippen molar-refractivity contribution in [1.29, 1.82) is 0 Å². The highest BCUT2D eigenvalue weighted by Gasteiger charge is 2.25. The maximum Gasteiger partial charge on any atom is 0.0827 e. The minimum absolute atomic E-state index is 0.672. The van der Waals surface area contributed by atoms with Gasteiger partial charge in [0.15, 0.2) is 0 Å². The van der Waals surface area contributed by atoms with Crippen LogP contribution in [0, 0.1) is 74.1 Å². The Kier molecular flexibility index (Phi) is 7.69. The zero-order valence-electron chi connectivity index (χ0n) is 21.9. The van der Waals surface area contributed by atoms with Crippen LogP contribution in [0.5, 0.6) is 0 Å². The van der Waals surface area contributed by atoms with Crippen molar-refractivity contribution < 1.29 is 4.39 Å². The van der Waals surface area contributed by atoms with Crippen LogP contribution in [-0.4, -0.2) is 0 Å². The van der Waals surface area contributed by atoms with Gasteiger partial charge in [0.2, 0.25) is 0 Å². The molecule has 0 unspecified atom stereocenters. The van der Waals surface area contributed by atoms with Gasteiger partial charge in [-0.3, -0.25) is 0 Å². The molecule has 0 atom stereocenters. The molecule has 2 aromatic carbocycles. The van der Waals surface area contributed by atoms with Gasteiger partial charge in [-0.2, -0.15) is 0 Å². The van der Waals surface area contributed by atoms with E-state index in [2.05, 4.69) is 62.3 Å². The number of halogens is 1. The summed E-state index contributed by atoms with van der Waals surface area (Å²) < 4.78 is 12.4. The molecule has 174 valence electrons. The first-order valence-electron chi connectivity index (χ1n) is 12.5. The van der Waals surface area contributed by atoms with Gasteiger partial charge in [-0.05, 0) is 179 Å². The van der Waals surface area contributed by atoms with E-state index < -0.39 is 0 Å². The van der Waals surface area contributed by atoms with Crippen LogP contribution in [0.4, 0.5) is 4.39 Å². The average Bonchev–Trinajstić information content (AvgIpc) is 2.79. The quantitative estimate of drug-likeness (QED) is 0.439. The van der Waals surface area contributed by atoms with E-state index in [-0.39, 0.29) is 0 Å². The molecule has 1 aliphatic carbocycles. The van der Waals surface area contributed by atoms with E-state index in [4.69, 9.17) is 0 Å². The lowest BCUT2D eigenvalue weighted by atomic mass is 9.75. The summed E-state index contributed by atoms with van der Waals surface area (Å²) in [4.78, 5) is 0. The molecule has 1 saturated carbocycles. The molecule has 1 fully saturated rings. The molecule has 0 bridgehead atoms. The molecule has 0 heterocycles. The van der Waals surface area contributed by atoms with Crippen LogP contribution in [0.1, 0.15) is 87.7 Å². The second kappa shape index (κ2) is 9.94. The minimum Gasteiger partial charge on any atom is -0.216 e. The van der Waals surface area contributed by atoms with E-state index in [9.17, 15) is 4.39 Å². The molecule has 1 aliphatic rings. The van der Waals surface area contributed by atoms with E-state index in [1.165, 1.54) is 93.3 Å². The third-order valence-electron chi connectivity index (χ3n) is 9.05. The smallest absolute Gasteiger partial charge is 0.0827 e. The molecule has 0 saturated heterocycles. The fraction of sp³-hybridized carbons (Fsp3) is 0.548. The number of hydrogen-bond acceptors (Lipinski definition) is 0. The molecule has 0 aromatic heterocycles. The Labute approximate surface area is 196 Å². The topological polar surface area (TPSA) is 0 Å². The van der Waals surface area contributed by atoms with Crippen molar-refractivity contribution >= 4 is 0 Å². The third kappa shape index (κ3) is 4.45. The van der Waals surface area contributed by atoms with Crippen LogP contribution in [-0.2, 0) is 6.42 Å². The van der Waals surface area contributed by atoms with Crippen LogP contribution in [0.25, 0.3) is 11.1 Å². The van der Waals surface area contributed by atoms with E-state index in [1.54, 1.807) is 11.6 Å². The minimum atomic E-state index is 0.672. The van der Waals surface area contributed by atoms with Crippen molar-refractivity contribution in [1.82, 2.24) is 0 Å². The molecule has 32 heavy (non-hydrogen) atoms. The molecule has 0 amide bonds. The van der Waals surface area contributed by atoms with E-state index >= 15 is 0 Å². The second-order valence-corrected chi connectivity index (χ2v) is 10.5. The van der Waals surface area contributed by atoms with Gasteiger partial charge in [0.05, 0.1) is 6.33 Å². The van der Waals surface area contributed by atoms with Gasteiger partial charge in [0.1, 0.15) is 0 Å². The van der Waals surface area contributed by atoms with Gasteiger partial charge in [0, 0.05) is 0 Å². The van der Waals surface area contributed by atoms with Crippen molar-refractivity contribution in [3.05, 3.63) is 68.0 Å². The molecular weight excluding hydrogens is 391 g/mol. The summed E-state index contributed by atoms with van der Waals surface area (Å²) in [6, 6.07) is 0. The van der Waals surface area contributed by atoms with Crippen LogP contribution in [0.15, 0.2) is 12.4 Å². The summed E-state index contributed by atoms with van der Waals surface area (Å²) in [5.74, 6) is 1.43. The molecule has 2 aromatic rings. The van der Waals surface area contributed by atoms with E-state index in [0.29, 0.717) is 12.2 Å². The summed E-state index contributed by atoms with van der Waals surface area (Å²) >= 11 is 0. The largest absolute Gasteiger partial charge is 0.216 e. The predicted octanol–water partition coefficient (Wildman–Crippen LogP) is 9.35. The second-order valence-electron chi connectivity index (χ2n) is 10.5. The Bertz CT molecular complexity index is 971. The van der Waals surface area contributed by atoms with Crippen LogP contribution in [0.2, 0.25) is 0 Å². The number of hydrogen-bond donors (Lipinski definition) is 0. The SMILES string of the molecule is Cc1c(C)c(C)c(-c2c(C)c(C)c(CC3CCC(C/C=C/F)CC3)c(C)c2C)c(C)c1C. The van der Waals surface area contributed by atoms with Gasteiger partial charge in [0.25, 0.3) is 0 Å². The lowest BCUT2D eigenvalue weighted by Gasteiger charge is -2.30. The normalized spacial score (nSPS) is 19.2. The number of allylic oxidation sites excluding steroid dienone is 1. The predicted molar refractivity (Wildman–Crippen MR) is 139 cm³/mol. The molecule has 0 spiro atoms. The fourth-order valence-corrected chi connectivity index (χ4v) is 6.15. The highest BCUT2D eigenvalue weighted by Crippen LogP contribution is 2.42. The lowest BCUT2D eigenvalue weighted by Crippen LogP contribution is -2.17. The van der Waals surface area contributed by atoms with Crippen LogP contribution >= 0.6 is 0 Å². The van der Waals surface area contributed by atoms with Crippen molar-refractivity contribution in [3.63, 3.8) is 0 Å². The first-order chi connectivity index (χ1) is 15.1. The van der Waals surface area contributed by atoms with Gasteiger partial charge in [-0.15, -0.1) is 0 Å². The van der Waals surface area contributed by atoms with Crippen molar-refractivity contribution in [2.75, 3.05) is 0 Å². The first-order valence-corrected chi connectivity index (χ1v) is 12.5. The maximum atomic E-state index is 12.4. The molecule has 1 heteroatoms. The van der Waals surface area contributed by atoms with E-state index in [1.807, 2.05) is 0 Å². The van der Waals surface area contributed by atoms with E-state index in [0.717, 1.165) is 12.3 Å². The molecule has 3 rings (SSSR count). The molecular formula is C31H43F. The Morgan fingerprint density at radius 2 is 0.938 bits per heavy atom. The molecule has 0 aliphatic heterocycles. The third-order valence-corrected chi connectivity index (χ3v) is 9.05. The maximum absolute atomic E-state index is 12.4. The summed E-state index contributed by atoms with van der Waals surface area (Å²) in [6.45, 7) is 20.8. The van der Waals surface area contributed by atoms with Gasteiger partial charge in [-0.1, -0.05) is 6.08 Å². The van der Waals surface area contributed by atoms with Crippen LogP contribution in [0.3, 0.4) is 0 Å². The Balaban J connectivity index is 1.99. The Morgan fingerprint density at radius 1 is 0.562 bits per heavy atom. The summed E-state index contributed by atoms with van der Waals surface area (Å²) in [5, 5.41) is 0. The van der Waals surface area contributed by atoms with Crippen molar-refractivity contribution in [2.45, 2.75) is 101 Å². The average molecular weight is 435 g/mol. The molecule has 0 N–H and O–H groups in total.